The van der Waals surface area contributed by atoms with Gasteiger partial charge in [-0.25, -0.2) is 0 Å². The molecule has 0 saturated heterocycles. The van der Waals surface area contributed by atoms with E-state index in [4.69, 9.17) is 4.74 Å². The standard InChI is InChI=1S/C11H14BrNO2/c1-8(14)15-7-11(2,3)10-5-4-9(12)6-13-10/h4-6H,7H2,1-3H3. The number of esters is 1. The van der Waals surface area contributed by atoms with E-state index in [-0.39, 0.29) is 11.4 Å². The Hall–Kier alpha value is -0.900. The first-order chi connectivity index (χ1) is 6.92. The Balaban J connectivity index is 2.76. The molecule has 3 nitrogen and oxygen atoms in total. The first-order valence-corrected chi connectivity index (χ1v) is 5.46. The topological polar surface area (TPSA) is 39.2 Å². The smallest absolute Gasteiger partial charge is 0.302 e. The second-order valence-electron chi connectivity index (χ2n) is 4.03. The SMILES string of the molecule is CC(=O)OCC(C)(C)c1ccc(Br)cn1. The molecule has 0 aromatic carbocycles. The molecule has 1 aromatic rings. The summed E-state index contributed by atoms with van der Waals surface area (Å²) in [6.07, 6.45) is 1.74. The van der Waals surface area contributed by atoms with Crippen molar-refractivity contribution in [1.29, 1.82) is 0 Å². The summed E-state index contributed by atoms with van der Waals surface area (Å²) in [6.45, 7) is 5.74. The zero-order chi connectivity index (χ0) is 11.5. The summed E-state index contributed by atoms with van der Waals surface area (Å²) in [5.41, 5.74) is 0.652. The molecule has 0 fully saturated rings. The maximum Gasteiger partial charge on any atom is 0.302 e. The van der Waals surface area contributed by atoms with Gasteiger partial charge in [-0.1, -0.05) is 13.8 Å². The van der Waals surface area contributed by atoms with Gasteiger partial charge in [0.1, 0.15) is 6.61 Å². The molecule has 1 heterocycles. The van der Waals surface area contributed by atoms with Crippen LogP contribution >= 0.6 is 15.9 Å². The van der Waals surface area contributed by atoms with Gasteiger partial charge in [-0.3, -0.25) is 9.78 Å². The maximum absolute atomic E-state index is 10.7. The lowest BCUT2D eigenvalue weighted by molar-refractivity contribution is -0.142. The quantitative estimate of drug-likeness (QED) is 0.794. The molecular formula is C11H14BrNO2. The summed E-state index contributed by atoms with van der Waals surface area (Å²) in [5.74, 6) is -0.264. The van der Waals surface area contributed by atoms with Gasteiger partial charge in [-0.2, -0.15) is 0 Å². The predicted molar refractivity (Wildman–Crippen MR) is 61.6 cm³/mol. The molecule has 0 amide bonds. The van der Waals surface area contributed by atoms with Gasteiger partial charge in [0.05, 0.1) is 0 Å². The van der Waals surface area contributed by atoms with Gasteiger partial charge < -0.3 is 4.74 Å². The van der Waals surface area contributed by atoms with Gasteiger partial charge in [-0.15, -0.1) is 0 Å². The number of ether oxygens (including phenoxy) is 1. The number of pyridine rings is 1. The number of carbonyl (C=O) groups is 1. The largest absolute Gasteiger partial charge is 0.465 e. The van der Waals surface area contributed by atoms with Crippen molar-refractivity contribution in [2.45, 2.75) is 26.2 Å². The van der Waals surface area contributed by atoms with Crippen LogP contribution in [0.1, 0.15) is 26.5 Å². The zero-order valence-electron chi connectivity index (χ0n) is 9.08. The van der Waals surface area contributed by atoms with Gasteiger partial charge in [0, 0.05) is 28.7 Å². The normalized spacial score (nSPS) is 11.2. The highest BCUT2D eigenvalue weighted by molar-refractivity contribution is 9.10. The highest BCUT2D eigenvalue weighted by atomic mass is 79.9. The Bertz CT molecular complexity index is 346. The fourth-order valence-corrected chi connectivity index (χ4v) is 1.37. The molecule has 0 spiro atoms. The van der Waals surface area contributed by atoms with Crippen LogP contribution < -0.4 is 0 Å². The molecule has 0 unspecified atom stereocenters. The Labute approximate surface area is 98.0 Å². The van der Waals surface area contributed by atoms with E-state index in [1.54, 1.807) is 6.20 Å². The first kappa shape index (κ1) is 12.2. The van der Waals surface area contributed by atoms with Crippen molar-refractivity contribution in [2.75, 3.05) is 6.61 Å². The van der Waals surface area contributed by atoms with Gasteiger partial charge in [-0.05, 0) is 28.1 Å². The molecule has 0 radical (unpaired) electrons. The summed E-state index contributed by atoms with van der Waals surface area (Å²) >= 11 is 3.33. The third-order valence-corrected chi connectivity index (χ3v) is 2.53. The van der Waals surface area contributed by atoms with Crippen molar-refractivity contribution in [2.24, 2.45) is 0 Å². The number of hydrogen-bond donors (Lipinski definition) is 0. The number of carbonyl (C=O) groups excluding carboxylic acids is 1. The van der Waals surface area contributed by atoms with Gasteiger partial charge in [0.15, 0.2) is 0 Å². The second kappa shape index (κ2) is 4.75. The molecule has 0 saturated carbocycles. The minimum absolute atomic E-state index is 0.258. The average Bonchev–Trinajstić information content (AvgIpc) is 2.16. The Morgan fingerprint density at radius 2 is 2.20 bits per heavy atom. The molecule has 0 aliphatic heterocycles. The van der Waals surface area contributed by atoms with Crippen LogP contribution in [0.2, 0.25) is 0 Å². The van der Waals surface area contributed by atoms with Crippen LogP contribution in [0.15, 0.2) is 22.8 Å². The zero-order valence-corrected chi connectivity index (χ0v) is 10.7. The van der Waals surface area contributed by atoms with Crippen molar-refractivity contribution in [3.63, 3.8) is 0 Å². The van der Waals surface area contributed by atoms with E-state index in [2.05, 4.69) is 20.9 Å². The second-order valence-corrected chi connectivity index (χ2v) is 4.94. The fraction of sp³-hybridized carbons (Fsp3) is 0.455. The molecule has 82 valence electrons. The summed E-state index contributed by atoms with van der Waals surface area (Å²) < 4.78 is 5.94. The summed E-state index contributed by atoms with van der Waals surface area (Å²) in [5, 5.41) is 0. The molecule has 0 atom stereocenters. The molecule has 0 bridgehead atoms. The molecule has 0 N–H and O–H groups in total. The van der Waals surface area contributed by atoms with Crippen molar-refractivity contribution in [3.8, 4) is 0 Å². The Morgan fingerprint density at radius 3 is 2.67 bits per heavy atom. The number of hydrogen-bond acceptors (Lipinski definition) is 3. The third-order valence-electron chi connectivity index (χ3n) is 2.06. The van der Waals surface area contributed by atoms with E-state index in [0.717, 1.165) is 10.2 Å². The first-order valence-electron chi connectivity index (χ1n) is 4.67. The van der Waals surface area contributed by atoms with Crippen LogP contribution in [0.25, 0.3) is 0 Å². The van der Waals surface area contributed by atoms with Crippen molar-refractivity contribution >= 4 is 21.9 Å². The number of halogens is 1. The number of aromatic nitrogens is 1. The van der Waals surface area contributed by atoms with Crippen LogP contribution in [0, 0.1) is 0 Å². The molecule has 1 rings (SSSR count). The van der Waals surface area contributed by atoms with E-state index in [9.17, 15) is 4.79 Å². The maximum atomic E-state index is 10.7. The van der Waals surface area contributed by atoms with E-state index in [0.29, 0.717) is 6.61 Å². The summed E-state index contributed by atoms with van der Waals surface area (Å²) in [4.78, 5) is 15.0. The van der Waals surface area contributed by atoms with E-state index >= 15 is 0 Å². The number of nitrogens with zero attached hydrogens (tertiary/aromatic N) is 1. The van der Waals surface area contributed by atoms with E-state index in [1.165, 1.54) is 6.92 Å². The molecule has 0 aliphatic rings. The van der Waals surface area contributed by atoms with Crippen molar-refractivity contribution in [3.05, 3.63) is 28.5 Å². The Kier molecular flexibility index (Phi) is 3.85. The lowest BCUT2D eigenvalue weighted by Gasteiger charge is -2.23. The average molecular weight is 272 g/mol. The van der Waals surface area contributed by atoms with E-state index in [1.807, 2.05) is 26.0 Å². The van der Waals surface area contributed by atoms with Crippen LogP contribution in [0.4, 0.5) is 0 Å². The van der Waals surface area contributed by atoms with Crippen LogP contribution in [0.3, 0.4) is 0 Å². The van der Waals surface area contributed by atoms with Crippen LogP contribution in [-0.2, 0) is 14.9 Å². The highest BCUT2D eigenvalue weighted by Crippen LogP contribution is 2.22. The highest BCUT2D eigenvalue weighted by Gasteiger charge is 2.23. The van der Waals surface area contributed by atoms with Crippen molar-refractivity contribution < 1.29 is 9.53 Å². The molecule has 4 heteroatoms. The molecular weight excluding hydrogens is 258 g/mol. The fourth-order valence-electron chi connectivity index (χ4n) is 1.13. The van der Waals surface area contributed by atoms with E-state index < -0.39 is 0 Å². The third kappa shape index (κ3) is 3.63. The van der Waals surface area contributed by atoms with Gasteiger partial charge >= 0.3 is 5.97 Å². The number of rotatable bonds is 3. The lowest BCUT2D eigenvalue weighted by Crippen LogP contribution is -2.26. The monoisotopic (exact) mass is 271 g/mol. The predicted octanol–water partition coefficient (Wildman–Crippen LogP) is 2.68. The lowest BCUT2D eigenvalue weighted by atomic mass is 9.90. The van der Waals surface area contributed by atoms with Crippen molar-refractivity contribution in [1.82, 2.24) is 4.98 Å². The Morgan fingerprint density at radius 1 is 1.53 bits per heavy atom. The molecule has 1 aromatic heterocycles. The van der Waals surface area contributed by atoms with Gasteiger partial charge in [0.2, 0.25) is 0 Å². The minimum atomic E-state index is -0.264. The summed E-state index contributed by atoms with van der Waals surface area (Å²) in [6, 6.07) is 3.85. The summed E-state index contributed by atoms with van der Waals surface area (Å²) in [7, 11) is 0. The van der Waals surface area contributed by atoms with Crippen LogP contribution in [-0.4, -0.2) is 17.6 Å². The van der Waals surface area contributed by atoms with Crippen LogP contribution in [0.5, 0.6) is 0 Å². The minimum Gasteiger partial charge on any atom is -0.465 e. The van der Waals surface area contributed by atoms with Gasteiger partial charge in [0.25, 0.3) is 0 Å². The molecule has 15 heavy (non-hydrogen) atoms. The molecule has 0 aliphatic carbocycles.